The molecular formula is C14H15N3O3S. The zero-order valence-corrected chi connectivity index (χ0v) is 12.5. The number of hydrogen-bond donors (Lipinski definition) is 2. The molecule has 21 heavy (non-hydrogen) atoms. The van der Waals surface area contributed by atoms with E-state index in [1.54, 1.807) is 19.1 Å². The summed E-state index contributed by atoms with van der Waals surface area (Å²) in [6.45, 7) is 3.71. The number of aromatic nitrogens is 1. The van der Waals surface area contributed by atoms with Crippen LogP contribution < -0.4 is 10.5 Å². The third kappa shape index (κ3) is 3.62. The first-order valence-electron chi connectivity index (χ1n) is 6.17. The molecule has 0 atom stereocenters. The number of anilines is 1. The Bertz CT molecular complexity index is 813. The first-order chi connectivity index (χ1) is 9.92. The molecule has 110 valence electrons. The average molecular weight is 305 g/mol. The Hall–Kier alpha value is -2.30. The van der Waals surface area contributed by atoms with Gasteiger partial charge in [0.2, 0.25) is 0 Å². The quantitative estimate of drug-likeness (QED) is 0.835. The predicted octanol–water partition coefficient (Wildman–Crippen LogP) is 1.40. The van der Waals surface area contributed by atoms with Crippen molar-refractivity contribution in [3.8, 4) is 11.8 Å². The van der Waals surface area contributed by atoms with Crippen molar-refractivity contribution < 1.29 is 12.8 Å². The number of nitrogens with one attached hydrogen (secondary N) is 1. The highest BCUT2D eigenvalue weighted by Crippen LogP contribution is 2.20. The lowest BCUT2D eigenvalue weighted by Crippen LogP contribution is -2.15. The molecule has 0 saturated carbocycles. The lowest BCUT2D eigenvalue weighted by atomic mass is 10.1. The van der Waals surface area contributed by atoms with E-state index in [1.165, 1.54) is 12.3 Å². The summed E-state index contributed by atoms with van der Waals surface area (Å²) in [7, 11) is -3.83. The fourth-order valence-electron chi connectivity index (χ4n) is 1.69. The molecule has 0 aliphatic heterocycles. The average Bonchev–Trinajstić information content (AvgIpc) is 2.80. The van der Waals surface area contributed by atoms with Crippen molar-refractivity contribution in [1.82, 2.24) is 4.98 Å². The molecular weight excluding hydrogens is 290 g/mol. The first-order valence-corrected chi connectivity index (χ1v) is 7.65. The molecule has 0 aliphatic rings. The highest BCUT2D eigenvalue weighted by molar-refractivity contribution is 7.92. The highest BCUT2D eigenvalue weighted by atomic mass is 32.2. The standard InChI is InChI=1S/C14H15N3O3S/c1-10-5-6-13(12(8-10)4-3-7-15)21(18,19)17-14-16-11(2)9-20-14/h5-6,8-9H,7,15H2,1-2H3,(H,16,17). The molecule has 0 bridgehead atoms. The van der Waals surface area contributed by atoms with Gasteiger partial charge in [-0.25, -0.2) is 13.1 Å². The summed E-state index contributed by atoms with van der Waals surface area (Å²) in [4.78, 5) is 3.98. The number of hydrogen-bond acceptors (Lipinski definition) is 5. The minimum atomic E-state index is -3.83. The zero-order chi connectivity index (χ0) is 15.5. The summed E-state index contributed by atoms with van der Waals surface area (Å²) in [6.07, 6.45) is 1.36. The Morgan fingerprint density at radius 3 is 2.76 bits per heavy atom. The van der Waals surface area contributed by atoms with E-state index in [2.05, 4.69) is 21.5 Å². The first kappa shape index (κ1) is 15.1. The number of aryl methyl sites for hydroxylation is 2. The summed E-state index contributed by atoms with van der Waals surface area (Å²) in [5.74, 6) is 5.42. The number of nitrogens with zero attached hydrogens (tertiary/aromatic N) is 1. The molecule has 7 heteroatoms. The lowest BCUT2D eigenvalue weighted by Gasteiger charge is -2.07. The SMILES string of the molecule is Cc1ccc(S(=O)(=O)Nc2nc(C)co2)c(C#CCN)c1. The lowest BCUT2D eigenvalue weighted by molar-refractivity contribution is 0.569. The van der Waals surface area contributed by atoms with Gasteiger partial charge in [-0.15, -0.1) is 0 Å². The van der Waals surface area contributed by atoms with E-state index >= 15 is 0 Å². The van der Waals surface area contributed by atoms with Crippen LogP contribution in [0.15, 0.2) is 33.8 Å². The molecule has 0 saturated heterocycles. The third-order valence-electron chi connectivity index (χ3n) is 2.59. The van der Waals surface area contributed by atoms with Gasteiger partial charge < -0.3 is 10.2 Å². The Balaban J connectivity index is 2.44. The maximum Gasteiger partial charge on any atom is 0.309 e. The topological polar surface area (TPSA) is 98.2 Å². The molecule has 2 aromatic rings. The van der Waals surface area contributed by atoms with E-state index in [9.17, 15) is 8.42 Å². The minimum absolute atomic E-state index is 0.0601. The molecule has 0 fully saturated rings. The molecule has 1 aromatic carbocycles. The van der Waals surface area contributed by atoms with E-state index in [-0.39, 0.29) is 17.5 Å². The smallest absolute Gasteiger partial charge is 0.309 e. The van der Waals surface area contributed by atoms with Crippen LogP contribution in [0.25, 0.3) is 0 Å². The van der Waals surface area contributed by atoms with E-state index in [1.807, 2.05) is 6.92 Å². The van der Waals surface area contributed by atoms with Crippen molar-refractivity contribution in [2.24, 2.45) is 5.73 Å². The van der Waals surface area contributed by atoms with E-state index in [0.29, 0.717) is 11.3 Å². The summed E-state index contributed by atoms with van der Waals surface area (Å²) in [5.41, 5.74) is 7.21. The fourth-order valence-corrected chi connectivity index (χ4v) is 2.77. The number of benzene rings is 1. The van der Waals surface area contributed by atoms with Crippen LogP contribution in [0.1, 0.15) is 16.8 Å². The molecule has 0 aliphatic carbocycles. The Morgan fingerprint density at radius 2 is 2.14 bits per heavy atom. The van der Waals surface area contributed by atoms with E-state index in [4.69, 9.17) is 10.2 Å². The Morgan fingerprint density at radius 1 is 1.38 bits per heavy atom. The van der Waals surface area contributed by atoms with Crippen LogP contribution >= 0.6 is 0 Å². The number of rotatable bonds is 3. The zero-order valence-electron chi connectivity index (χ0n) is 11.7. The van der Waals surface area contributed by atoms with Crippen LogP contribution in [-0.4, -0.2) is 19.9 Å². The molecule has 3 N–H and O–H groups in total. The largest absolute Gasteiger partial charge is 0.431 e. The summed E-state index contributed by atoms with van der Waals surface area (Å²) < 4.78 is 32.1. The number of nitrogens with two attached hydrogens (primary N) is 1. The van der Waals surface area contributed by atoms with Crippen LogP contribution in [-0.2, 0) is 10.0 Å². The van der Waals surface area contributed by atoms with Gasteiger partial charge in [0.05, 0.1) is 12.2 Å². The molecule has 0 radical (unpaired) electrons. The van der Waals surface area contributed by atoms with Gasteiger partial charge in [-0.3, -0.25) is 0 Å². The monoisotopic (exact) mass is 305 g/mol. The molecule has 6 nitrogen and oxygen atoms in total. The normalized spacial score (nSPS) is 10.8. The van der Waals surface area contributed by atoms with Gasteiger partial charge in [0.25, 0.3) is 10.0 Å². The number of oxazole rings is 1. The maximum atomic E-state index is 12.4. The summed E-state index contributed by atoms with van der Waals surface area (Å²) in [5, 5.41) is 0. The van der Waals surface area contributed by atoms with Crippen molar-refractivity contribution in [3.05, 3.63) is 41.3 Å². The fraction of sp³-hybridized carbons (Fsp3) is 0.214. The second-order valence-electron chi connectivity index (χ2n) is 4.41. The van der Waals surface area contributed by atoms with Gasteiger partial charge in [0, 0.05) is 5.56 Å². The van der Waals surface area contributed by atoms with Crippen LogP contribution in [0, 0.1) is 25.7 Å². The second kappa shape index (κ2) is 5.99. The summed E-state index contributed by atoms with van der Waals surface area (Å²) >= 11 is 0. The predicted molar refractivity (Wildman–Crippen MR) is 79.2 cm³/mol. The van der Waals surface area contributed by atoms with Crippen molar-refractivity contribution in [2.45, 2.75) is 18.7 Å². The molecule has 0 amide bonds. The van der Waals surface area contributed by atoms with E-state index in [0.717, 1.165) is 5.56 Å². The van der Waals surface area contributed by atoms with Gasteiger partial charge in [-0.1, -0.05) is 17.9 Å². The Labute approximate surface area is 123 Å². The van der Waals surface area contributed by atoms with Crippen LogP contribution in [0.5, 0.6) is 0 Å². The minimum Gasteiger partial charge on any atom is -0.431 e. The molecule has 2 rings (SSSR count). The van der Waals surface area contributed by atoms with Crippen molar-refractivity contribution in [3.63, 3.8) is 0 Å². The van der Waals surface area contributed by atoms with Crippen molar-refractivity contribution in [1.29, 1.82) is 0 Å². The Kier molecular flexibility index (Phi) is 4.31. The van der Waals surface area contributed by atoms with Gasteiger partial charge >= 0.3 is 6.01 Å². The van der Waals surface area contributed by atoms with Gasteiger partial charge in [0.1, 0.15) is 11.2 Å². The van der Waals surface area contributed by atoms with Gasteiger partial charge in [-0.05, 0) is 31.5 Å². The van der Waals surface area contributed by atoms with Gasteiger partial charge in [-0.2, -0.15) is 4.98 Å². The van der Waals surface area contributed by atoms with Crippen molar-refractivity contribution >= 4 is 16.0 Å². The molecule has 0 spiro atoms. The van der Waals surface area contributed by atoms with Gasteiger partial charge in [0.15, 0.2) is 0 Å². The molecule has 1 aromatic heterocycles. The number of sulfonamides is 1. The molecule has 0 unspecified atom stereocenters. The summed E-state index contributed by atoms with van der Waals surface area (Å²) in [6, 6.07) is 4.81. The molecule has 1 heterocycles. The second-order valence-corrected chi connectivity index (χ2v) is 6.06. The highest BCUT2D eigenvalue weighted by Gasteiger charge is 2.20. The van der Waals surface area contributed by atoms with Crippen LogP contribution in [0.3, 0.4) is 0 Å². The van der Waals surface area contributed by atoms with Crippen LogP contribution in [0.2, 0.25) is 0 Å². The van der Waals surface area contributed by atoms with Crippen LogP contribution in [0.4, 0.5) is 6.01 Å². The maximum absolute atomic E-state index is 12.4. The third-order valence-corrected chi connectivity index (χ3v) is 3.97. The van der Waals surface area contributed by atoms with Crippen molar-refractivity contribution in [2.75, 3.05) is 11.3 Å². The van der Waals surface area contributed by atoms with E-state index < -0.39 is 10.0 Å².